The van der Waals surface area contributed by atoms with E-state index in [1.807, 2.05) is 13.8 Å². The summed E-state index contributed by atoms with van der Waals surface area (Å²) in [5.74, 6) is -13.4. The number of aromatic amines is 2. The summed E-state index contributed by atoms with van der Waals surface area (Å²) in [6.45, 7) is 13.1. The van der Waals surface area contributed by atoms with Gasteiger partial charge >= 0.3 is 0 Å². The Kier molecular flexibility index (Phi) is 36.5. The van der Waals surface area contributed by atoms with Crippen LogP contribution in [0.25, 0.3) is 10.9 Å². The Morgan fingerprint density at radius 3 is 1.76 bits per heavy atom. The average molecular weight is 1600 g/mol. The van der Waals surface area contributed by atoms with Gasteiger partial charge in [-0.25, -0.2) is 15.8 Å². The van der Waals surface area contributed by atoms with E-state index in [1.54, 1.807) is 74.6 Å². The van der Waals surface area contributed by atoms with Crippen molar-refractivity contribution in [3.63, 3.8) is 0 Å². The summed E-state index contributed by atoms with van der Waals surface area (Å²) < 4.78 is 0. The lowest BCUT2D eigenvalue weighted by Crippen LogP contribution is -2.65. The molecule has 0 aliphatic carbocycles. The highest BCUT2D eigenvalue weighted by molar-refractivity contribution is 6.41. The SMILES string of the molecule is CC(=O)N[C@@H](CC(C)C)C(=O)N[C@H](C(=O)N[C@@H](Cc1ccccc1)C(=O)N[C@]1(C)CCCCCCCCCCC[C@@](C)(C(=O)N[C@@H](CO)C(N)=O)NN[C@@H](CC(C)C)C(=O)C(=O)[C@H](CCC(N)=O)NC(=O)C(C)NC(=O)[C@H](Cc2c[nH]c3ccccc23)NC(=O)[C@H](Cc2ccc(O)cc2)NC(=O)[C@H](Cc2cnc[nH]2)NC1=O)[C@@H](C)O. The smallest absolute Gasteiger partial charge is 0.246 e. The van der Waals surface area contributed by atoms with E-state index in [0.29, 0.717) is 78.2 Å². The Morgan fingerprint density at radius 1 is 0.591 bits per heavy atom. The van der Waals surface area contributed by atoms with Crippen LogP contribution in [-0.2, 0) is 92.8 Å². The zero-order valence-electron chi connectivity index (χ0n) is 67.0. The van der Waals surface area contributed by atoms with Gasteiger partial charge < -0.3 is 89.9 Å². The number of Topliss-reactive ketones (excluding diaryl/α,β-unsaturated/α-hetero) is 2. The van der Waals surface area contributed by atoms with Gasteiger partial charge in [0, 0.05) is 68.0 Å². The third-order valence-electron chi connectivity index (χ3n) is 20.2. The molecule has 3 aromatic carbocycles. The number of ketones is 2. The van der Waals surface area contributed by atoms with Crippen LogP contribution in [0.4, 0.5) is 0 Å². The number of nitrogens with zero attached hydrogens (tertiary/aromatic N) is 1. The van der Waals surface area contributed by atoms with Gasteiger partial charge in [0.05, 0.1) is 31.1 Å². The van der Waals surface area contributed by atoms with E-state index in [-0.39, 0.29) is 69.0 Å². The Labute approximate surface area is 669 Å². The lowest BCUT2D eigenvalue weighted by molar-refractivity contribution is -0.141. The largest absolute Gasteiger partial charge is 0.508 e. The second kappa shape index (κ2) is 45.2. The van der Waals surface area contributed by atoms with Crippen LogP contribution >= 0.6 is 0 Å². The van der Waals surface area contributed by atoms with Gasteiger partial charge in [0.1, 0.15) is 65.2 Å². The molecule has 12 amide bonds. The summed E-state index contributed by atoms with van der Waals surface area (Å²) in [6, 6.07) is 6.11. The van der Waals surface area contributed by atoms with Crippen LogP contribution in [0.5, 0.6) is 5.75 Å². The van der Waals surface area contributed by atoms with Crippen molar-refractivity contribution in [3.8, 4) is 5.75 Å². The van der Waals surface area contributed by atoms with Crippen molar-refractivity contribution >= 4 is 93.4 Å². The fourth-order valence-electron chi connectivity index (χ4n) is 13.5. The van der Waals surface area contributed by atoms with Crippen LogP contribution < -0.4 is 75.5 Å². The van der Waals surface area contributed by atoms with Gasteiger partial charge in [-0.1, -0.05) is 146 Å². The van der Waals surface area contributed by atoms with Gasteiger partial charge in [0.15, 0.2) is 0 Å². The molecular formula is C81H117N17O17. The van der Waals surface area contributed by atoms with Crippen LogP contribution in [0.2, 0.25) is 0 Å². The van der Waals surface area contributed by atoms with Gasteiger partial charge in [-0.3, -0.25) is 67.1 Å². The van der Waals surface area contributed by atoms with Crippen LogP contribution in [0, 0.1) is 11.8 Å². The summed E-state index contributed by atoms with van der Waals surface area (Å²) in [4.78, 5) is 210. The minimum absolute atomic E-state index is 0.0181. The van der Waals surface area contributed by atoms with Crippen molar-refractivity contribution in [2.45, 2.75) is 262 Å². The number of aromatic hydroxyl groups is 1. The number of hydrogen-bond acceptors (Lipinski definition) is 20. The number of aromatic nitrogens is 3. The lowest BCUT2D eigenvalue weighted by atomic mass is 9.90. The predicted octanol–water partition coefficient (Wildman–Crippen LogP) is 1.03. The van der Waals surface area contributed by atoms with Crippen LogP contribution in [-0.4, -0.2) is 197 Å². The second-order valence-corrected chi connectivity index (χ2v) is 31.1. The summed E-state index contributed by atoms with van der Waals surface area (Å²) in [5, 5.41) is 58.9. The maximum Gasteiger partial charge on any atom is 0.246 e. The van der Waals surface area contributed by atoms with E-state index >= 15 is 24.0 Å². The first-order chi connectivity index (χ1) is 54.5. The number of carbonyl (C=O) groups excluding carboxylic acids is 14. The molecule has 5 aromatic rings. The molecule has 1 saturated heterocycles. The molecule has 1 aliphatic rings. The van der Waals surface area contributed by atoms with E-state index in [1.165, 1.54) is 71.4 Å². The number of carbonyl (C=O) groups is 14. The quantitative estimate of drug-likeness (QED) is 0.0326. The zero-order valence-corrected chi connectivity index (χ0v) is 67.0. The summed E-state index contributed by atoms with van der Waals surface area (Å²) in [5.41, 5.74) is 15.8. The van der Waals surface area contributed by atoms with Crippen LogP contribution in [0.15, 0.2) is 97.6 Å². The van der Waals surface area contributed by atoms with Gasteiger partial charge in [-0.2, -0.15) is 0 Å². The van der Waals surface area contributed by atoms with Crippen LogP contribution in [0.3, 0.4) is 0 Å². The van der Waals surface area contributed by atoms with E-state index in [2.05, 4.69) is 79.0 Å². The molecule has 0 radical (unpaired) electrons. The minimum Gasteiger partial charge on any atom is -0.508 e. The number of rotatable bonds is 27. The Balaban J connectivity index is 1.44. The highest BCUT2D eigenvalue weighted by Crippen LogP contribution is 2.24. The highest BCUT2D eigenvalue weighted by Gasteiger charge is 2.43. The van der Waals surface area contributed by atoms with Crippen molar-refractivity contribution in [3.05, 3.63) is 120 Å². The molecular weight excluding hydrogens is 1480 g/mol. The summed E-state index contributed by atoms with van der Waals surface area (Å²) >= 11 is 0. The number of hydrogen-bond donors (Lipinski definition) is 19. The maximum atomic E-state index is 15.6. The fraction of sp³-hybridized carbons (Fsp3) is 0.543. The Hall–Kier alpha value is -11.0. The highest BCUT2D eigenvalue weighted by atomic mass is 16.3. The first kappa shape index (κ1) is 92.9. The number of imidazole rings is 1. The molecule has 1 unspecified atom stereocenters. The number of amides is 12. The molecule has 628 valence electrons. The number of nitrogens with two attached hydrogens (primary N) is 2. The van der Waals surface area contributed by atoms with Gasteiger partial charge in [0.2, 0.25) is 82.5 Å². The van der Waals surface area contributed by atoms with Gasteiger partial charge in [-0.05, 0) is 107 Å². The molecule has 115 heavy (non-hydrogen) atoms. The number of hydrazine groups is 1. The molecule has 0 bridgehead atoms. The van der Waals surface area contributed by atoms with E-state index in [9.17, 15) is 58.5 Å². The number of aliphatic hydroxyl groups is 2. The molecule has 21 N–H and O–H groups in total. The first-order valence-corrected chi connectivity index (χ1v) is 39.3. The Bertz CT molecular complexity index is 4120. The predicted molar refractivity (Wildman–Crippen MR) is 426 cm³/mol. The number of primary amides is 2. The van der Waals surface area contributed by atoms with Crippen molar-refractivity contribution in [2.75, 3.05) is 6.61 Å². The van der Waals surface area contributed by atoms with Crippen molar-refractivity contribution < 1.29 is 82.4 Å². The minimum atomic E-state index is -1.93. The van der Waals surface area contributed by atoms with E-state index in [4.69, 9.17) is 11.5 Å². The molecule has 0 spiro atoms. The normalized spacial score (nSPS) is 22.8. The van der Waals surface area contributed by atoms with Gasteiger partial charge in [0.25, 0.3) is 0 Å². The lowest BCUT2D eigenvalue weighted by Gasteiger charge is -2.34. The summed E-state index contributed by atoms with van der Waals surface area (Å²) in [7, 11) is 0. The van der Waals surface area contributed by atoms with Gasteiger partial charge in [-0.15, -0.1) is 0 Å². The number of fused-ring (bicyclic) bond motifs is 1. The van der Waals surface area contributed by atoms with Crippen molar-refractivity contribution in [1.82, 2.24) is 79.0 Å². The van der Waals surface area contributed by atoms with Crippen LogP contribution in [0.1, 0.15) is 181 Å². The monoisotopic (exact) mass is 1600 g/mol. The third-order valence-corrected chi connectivity index (χ3v) is 20.2. The number of phenols is 1. The fourth-order valence-corrected chi connectivity index (χ4v) is 13.5. The number of H-pyrrole nitrogens is 2. The topological polar surface area (TPSA) is 541 Å². The van der Waals surface area contributed by atoms with E-state index in [0.717, 1.165) is 12.8 Å². The molecule has 3 heterocycles. The molecule has 34 heteroatoms. The first-order valence-electron chi connectivity index (χ1n) is 39.3. The van der Waals surface area contributed by atoms with E-state index < -0.39 is 180 Å². The van der Waals surface area contributed by atoms with Crippen molar-refractivity contribution in [2.24, 2.45) is 23.3 Å². The number of aliphatic hydroxyl groups excluding tert-OH is 2. The number of nitrogens with one attached hydrogen (secondary N) is 14. The molecule has 1 fully saturated rings. The summed E-state index contributed by atoms with van der Waals surface area (Å²) in [6.07, 6.45) is 6.26. The molecule has 0 saturated carbocycles. The average Bonchev–Trinajstić information content (AvgIpc) is 1.76. The third kappa shape index (κ3) is 29.7. The number of phenolic OH excluding ortho intramolecular Hbond substituents is 1. The molecule has 1 aliphatic heterocycles. The van der Waals surface area contributed by atoms with Crippen molar-refractivity contribution in [1.29, 1.82) is 0 Å². The molecule has 2 aromatic heterocycles. The standard InChI is InChI=1S/C81H117N17O17/c1-46(2)36-59-69(105)68(104)58(32-33-66(82)103)89-71(107)48(5)87-72(108)63(40-53-42-85-57-27-21-20-26-56(53)57)91-73(109)61(39-52-28-30-55(102)31-29-52)90-74(110)64(41-54-43-84-45-86-54)93-78(114)80(8,34-22-15-13-11-10-12-14-16-23-35-81(9,98-97-59)79(115)94-65(44-99)70(83)106)96-76(112)62(38-51-24-18-17-19-25-51)92-77(113)67(49(6)100)95-75(111)60(37-47(3)4)88-50(7)101/h17-21,24-31,42-43,45-49,58-65,67,85,97-100,102H,10-16,22-23,32-41,44H2,1-9H3,(H2,82,103)(H2,83,106)(H,84,86)(H,87,108)(H,88,101)(H,89,107)(H,90,110)(H,91,109)(H,92,113)(H,93,114)(H,94,115)(H,95,111)(H,96,112)/t48?,49-,58+,59+,60+,61+,62+,63+,64+,65+,67+,80-,81+/m1/s1. The number of para-hydroxylation sites is 1. The maximum absolute atomic E-state index is 15.6. The number of benzene rings is 3. The molecule has 34 nitrogen and oxygen atoms in total. The Morgan fingerprint density at radius 2 is 1.17 bits per heavy atom. The molecule has 13 atom stereocenters. The zero-order chi connectivity index (χ0) is 84.7. The second-order valence-electron chi connectivity index (χ2n) is 31.1. The molecule has 6 rings (SSSR count).